The number of oxazole rings is 1. The fourth-order valence-corrected chi connectivity index (χ4v) is 3.12. The second-order valence-corrected chi connectivity index (χ2v) is 6.83. The minimum Gasteiger partial charge on any atom is -0.444 e. The Hall–Kier alpha value is -0.830. The van der Waals surface area contributed by atoms with E-state index >= 15 is 0 Å². The van der Waals surface area contributed by atoms with Gasteiger partial charge in [0.25, 0.3) is 0 Å². The average Bonchev–Trinajstić information content (AvgIpc) is 2.94. The van der Waals surface area contributed by atoms with Crippen LogP contribution in [0.25, 0.3) is 0 Å². The lowest BCUT2D eigenvalue weighted by atomic mass is 10.1. The number of aryl methyl sites for hydroxylation is 2. The van der Waals surface area contributed by atoms with E-state index in [-0.39, 0.29) is 24.0 Å². The summed E-state index contributed by atoms with van der Waals surface area (Å²) in [6.07, 6.45) is 7.92. The molecule has 1 fully saturated rings. The molecule has 0 saturated carbocycles. The Kier molecular flexibility index (Phi) is 11.9. The summed E-state index contributed by atoms with van der Waals surface area (Å²) in [6, 6.07) is 0. The Balaban J connectivity index is 0.00000338. The van der Waals surface area contributed by atoms with Crippen molar-refractivity contribution in [2.45, 2.75) is 65.8 Å². The molecule has 0 atom stereocenters. The summed E-state index contributed by atoms with van der Waals surface area (Å²) in [4.78, 5) is 11.5. The lowest BCUT2D eigenvalue weighted by Crippen LogP contribution is -2.37. The molecule has 2 N–H and O–H groups in total. The summed E-state index contributed by atoms with van der Waals surface area (Å²) in [5, 5.41) is 6.68. The molecule has 2 heterocycles. The number of aliphatic imine (C=N–C) groups is 1. The van der Waals surface area contributed by atoms with Crippen LogP contribution >= 0.6 is 24.0 Å². The normalized spacial score (nSPS) is 15.6. The molecule has 1 aromatic rings. The zero-order chi connectivity index (χ0) is 17.9. The zero-order valence-electron chi connectivity index (χ0n) is 16.6. The number of aromatic nitrogens is 1. The molecule has 1 aliphatic heterocycles. The average molecular weight is 477 g/mol. The van der Waals surface area contributed by atoms with Crippen LogP contribution in [0, 0.1) is 13.8 Å². The number of halogens is 1. The number of nitrogens with one attached hydrogen (secondary N) is 2. The Morgan fingerprint density at radius 2 is 1.88 bits per heavy atom. The van der Waals surface area contributed by atoms with Crippen LogP contribution < -0.4 is 10.6 Å². The molecule has 1 aliphatic rings. The molecule has 0 amide bonds. The van der Waals surface area contributed by atoms with Crippen LogP contribution in [0.4, 0.5) is 0 Å². The van der Waals surface area contributed by atoms with E-state index in [0.717, 1.165) is 30.5 Å². The maximum Gasteiger partial charge on any atom is 0.216 e. The largest absolute Gasteiger partial charge is 0.444 e. The summed E-state index contributed by atoms with van der Waals surface area (Å²) in [5.74, 6) is 2.39. The highest BCUT2D eigenvalue weighted by atomic mass is 127. The molecule has 0 unspecified atom stereocenters. The number of piperidine rings is 1. The molecule has 26 heavy (non-hydrogen) atoms. The number of unbranched alkanes of at least 4 members (excludes halogenated alkanes) is 2. The summed E-state index contributed by atoms with van der Waals surface area (Å²) in [7, 11) is 0. The third-order valence-electron chi connectivity index (χ3n) is 4.68. The van der Waals surface area contributed by atoms with E-state index in [1.165, 1.54) is 58.2 Å². The molecule has 1 saturated heterocycles. The van der Waals surface area contributed by atoms with E-state index in [2.05, 4.69) is 32.4 Å². The van der Waals surface area contributed by atoms with Gasteiger partial charge >= 0.3 is 0 Å². The molecule has 0 radical (unpaired) electrons. The molecule has 0 spiro atoms. The zero-order valence-corrected chi connectivity index (χ0v) is 19.0. The van der Waals surface area contributed by atoms with Crippen molar-refractivity contribution in [1.82, 2.24) is 20.5 Å². The molecule has 0 aromatic carbocycles. The molecule has 150 valence electrons. The van der Waals surface area contributed by atoms with Crippen LogP contribution in [0.5, 0.6) is 0 Å². The van der Waals surface area contributed by atoms with Crippen LogP contribution in [-0.2, 0) is 6.54 Å². The topological polar surface area (TPSA) is 65.7 Å². The third-order valence-corrected chi connectivity index (χ3v) is 4.68. The minimum atomic E-state index is 0. The Morgan fingerprint density at radius 1 is 1.12 bits per heavy atom. The van der Waals surface area contributed by atoms with Crippen molar-refractivity contribution >= 4 is 29.9 Å². The fraction of sp³-hybridized carbons (Fsp3) is 0.789. The molecule has 7 heteroatoms. The van der Waals surface area contributed by atoms with E-state index in [1.54, 1.807) is 0 Å². The van der Waals surface area contributed by atoms with Crippen molar-refractivity contribution < 1.29 is 4.42 Å². The second kappa shape index (κ2) is 13.4. The SMILES string of the molecule is CCNC(=NCc1nc(C)c(C)o1)NCCCCCN1CCCCC1.I. The van der Waals surface area contributed by atoms with E-state index < -0.39 is 0 Å². The lowest BCUT2D eigenvalue weighted by Gasteiger charge is -2.26. The van der Waals surface area contributed by atoms with E-state index in [4.69, 9.17) is 4.42 Å². The highest BCUT2D eigenvalue weighted by Gasteiger charge is 2.09. The predicted octanol–water partition coefficient (Wildman–Crippen LogP) is 3.62. The van der Waals surface area contributed by atoms with E-state index in [0.29, 0.717) is 12.4 Å². The quantitative estimate of drug-likeness (QED) is 0.246. The van der Waals surface area contributed by atoms with Gasteiger partial charge < -0.3 is 20.0 Å². The van der Waals surface area contributed by atoms with Crippen molar-refractivity contribution in [2.24, 2.45) is 4.99 Å². The molecule has 1 aromatic heterocycles. The standard InChI is InChI=1S/C19H35N5O.HI/c1-4-20-19(22-15-18-23-16(2)17(3)25-18)21-11-7-5-8-12-24-13-9-6-10-14-24;/h4-15H2,1-3H3,(H2,20,21,22);1H. The van der Waals surface area contributed by atoms with E-state index in [9.17, 15) is 0 Å². The smallest absolute Gasteiger partial charge is 0.216 e. The van der Waals surface area contributed by atoms with E-state index in [1.807, 2.05) is 13.8 Å². The van der Waals surface area contributed by atoms with Gasteiger partial charge in [0.05, 0.1) is 5.69 Å². The lowest BCUT2D eigenvalue weighted by molar-refractivity contribution is 0.224. The minimum absolute atomic E-state index is 0. The Morgan fingerprint density at radius 3 is 2.54 bits per heavy atom. The van der Waals surface area contributed by atoms with Crippen LogP contribution in [0.1, 0.15) is 62.8 Å². The summed E-state index contributed by atoms with van der Waals surface area (Å²) in [5.41, 5.74) is 0.942. The van der Waals surface area contributed by atoms with Crippen molar-refractivity contribution in [3.63, 3.8) is 0 Å². The third kappa shape index (κ3) is 8.70. The number of likely N-dealkylation sites (tertiary alicyclic amines) is 1. The number of rotatable bonds is 9. The number of nitrogens with zero attached hydrogens (tertiary/aromatic N) is 3. The van der Waals surface area contributed by atoms with Gasteiger partial charge in [-0.1, -0.05) is 12.8 Å². The molecule has 6 nitrogen and oxygen atoms in total. The van der Waals surface area contributed by atoms with Gasteiger partial charge in [-0.2, -0.15) is 0 Å². The number of hydrogen-bond acceptors (Lipinski definition) is 4. The van der Waals surface area contributed by atoms with Crippen molar-refractivity contribution in [1.29, 1.82) is 0 Å². The molecular weight excluding hydrogens is 441 g/mol. The first kappa shape index (κ1) is 23.2. The first-order valence-electron chi connectivity index (χ1n) is 9.86. The fourth-order valence-electron chi connectivity index (χ4n) is 3.12. The summed E-state index contributed by atoms with van der Waals surface area (Å²) >= 11 is 0. The van der Waals surface area contributed by atoms with Crippen LogP contribution in [-0.4, -0.2) is 48.6 Å². The first-order valence-corrected chi connectivity index (χ1v) is 9.86. The van der Waals surface area contributed by atoms with Gasteiger partial charge in [-0.05, 0) is 66.1 Å². The van der Waals surface area contributed by atoms with Crippen LogP contribution in [0.15, 0.2) is 9.41 Å². The first-order chi connectivity index (χ1) is 12.2. The van der Waals surface area contributed by atoms with Crippen LogP contribution in [0.3, 0.4) is 0 Å². The van der Waals surface area contributed by atoms with Crippen molar-refractivity contribution in [2.75, 3.05) is 32.7 Å². The van der Waals surface area contributed by atoms with Gasteiger partial charge in [0, 0.05) is 13.1 Å². The predicted molar refractivity (Wildman–Crippen MR) is 118 cm³/mol. The van der Waals surface area contributed by atoms with Gasteiger partial charge in [0.15, 0.2) is 5.96 Å². The van der Waals surface area contributed by atoms with Gasteiger partial charge in [-0.15, -0.1) is 24.0 Å². The van der Waals surface area contributed by atoms with Crippen LogP contribution in [0.2, 0.25) is 0 Å². The maximum atomic E-state index is 5.58. The van der Waals surface area contributed by atoms with Gasteiger partial charge in [0.2, 0.25) is 5.89 Å². The maximum absolute atomic E-state index is 5.58. The molecule has 0 aliphatic carbocycles. The van der Waals surface area contributed by atoms with Gasteiger partial charge in [-0.3, -0.25) is 0 Å². The monoisotopic (exact) mass is 477 g/mol. The Bertz CT molecular complexity index is 506. The molecule has 0 bridgehead atoms. The highest BCUT2D eigenvalue weighted by molar-refractivity contribution is 14.0. The Labute approximate surface area is 175 Å². The van der Waals surface area contributed by atoms with Gasteiger partial charge in [0.1, 0.15) is 12.3 Å². The summed E-state index contributed by atoms with van der Waals surface area (Å²) in [6.45, 7) is 12.1. The summed E-state index contributed by atoms with van der Waals surface area (Å²) < 4.78 is 5.58. The van der Waals surface area contributed by atoms with Crippen molar-refractivity contribution in [3.8, 4) is 0 Å². The van der Waals surface area contributed by atoms with Crippen molar-refractivity contribution in [3.05, 3.63) is 17.3 Å². The molecule has 2 rings (SSSR count). The number of guanidine groups is 1. The second-order valence-electron chi connectivity index (χ2n) is 6.83. The highest BCUT2D eigenvalue weighted by Crippen LogP contribution is 2.10. The van der Waals surface area contributed by atoms with Gasteiger partial charge in [-0.25, -0.2) is 9.98 Å². The molecular formula is C19H36IN5O. The number of hydrogen-bond donors (Lipinski definition) is 2.